The quantitative estimate of drug-likeness (QED) is 0.770. The van der Waals surface area contributed by atoms with Gasteiger partial charge in [-0.05, 0) is 19.3 Å². The van der Waals surface area contributed by atoms with Crippen molar-refractivity contribution in [1.82, 2.24) is 9.99 Å². The summed E-state index contributed by atoms with van der Waals surface area (Å²) in [5.74, 6) is 0.334. The predicted octanol–water partition coefficient (Wildman–Crippen LogP) is 2.47. The maximum atomic E-state index is 12.5. The third-order valence-electron chi connectivity index (χ3n) is 4.92. The molecule has 2 rings (SSSR count). The number of carbonyl (C=O) groups is 1. The molecule has 0 radical (unpaired) electrons. The number of hydrogen-bond acceptors (Lipinski definition) is 3. The predicted molar refractivity (Wildman–Crippen MR) is 88.9 cm³/mol. The van der Waals surface area contributed by atoms with Crippen LogP contribution in [0.2, 0.25) is 0 Å². The lowest BCUT2D eigenvalue weighted by atomic mass is 9.91. The number of aliphatic hydroxyl groups excluding tert-OH is 1. The highest BCUT2D eigenvalue weighted by Crippen LogP contribution is 2.22. The molecule has 2 N–H and O–H groups in total. The first-order valence-corrected chi connectivity index (χ1v) is 9.16. The Morgan fingerprint density at radius 1 is 1.00 bits per heavy atom. The molecule has 0 bridgehead atoms. The summed E-state index contributed by atoms with van der Waals surface area (Å²) in [7, 11) is 2.63. The minimum Gasteiger partial charge on any atom is -0.390 e. The Kier molecular flexibility index (Phi) is 7.42. The van der Waals surface area contributed by atoms with Crippen molar-refractivity contribution >= 4 is 15.3 Å². The maximum Gasteiger partial charge on any atom is 0.223 e. The Balaban J connectivity index is 1.81. The van der Waals surface area contributed by atoms with Gasteiger partial charge in [0.1, 0.15) is 0 Å². The summed E-state index contributed by atoms with van der Waals surface area (Å²) in [5.41, 5.74) is 0. The highest BCUT2D eigenvalue weighted by molar-refractivity contribution is 7.13. The van der Waals surface area contributed by atoms with E-state index in [1.165, 1.54) is 44.9 Å². The highest BCUT2D eigenvalue weighted by Gasteiger charge is 2.29. The summed E-state index contributed by atoms with van der Waals surface area (Å²) in [6.07, 6.45) is 11.3. The molecule has 5 heteroatoms. The van der Waals surface area contributed by atoms with Gasteiger partial charge in [0.25, 0.3) is 0 Å². The van der Waals surface area contributed by atoms with Crippen molar-refractivity contribution in [3.05, 3.63) is 0 Å². The van der Waals surface area contributed by atoms with Crippen LogP contribution in [-0.4, -0.2) is 40.9 Å². The van der Waals surface area contributed by atoms with E-state index in [1.807, 2.05) is 4.67 Å². The van der Waals surface area contributed by atoms with E-state index in [4.69, 9.17) is 0 Å². The first-order chi connectivity index (χ1) is 10.2. The summed E-state index contributed by atoms with van der Waals surface area (Å²) < 4.78 is 2.04. The molecule has 122 valence electrons. The third-order valence-corrected chi connectivity index (χ3v) is 5.39. The summed E-state index contributed by atoms with van der Waals surface area (Å²) in [4.78, 5) is 12.5. The first-order valence-electron chi connectivity index (χ1n) is 8.65. The smallest absolute Gasteiger partial charge is 0.223 e. The fourth-order valence-corrected chi connectivity index (χ4v) is 3.86. The van der Waals surface area contributed by atoms with Crippen molar-refractivity contribution in [1.29, 1.82) is 0 Å². The second kappa shape index (κ2) is 9.07. The van der Waals surface area contributed by atoms with Crippen LogP contribution >= 0.6 is 9.39 Å². The normalized spacial score (nSPS) is 30.8. The molecular weight excluding hydrogens is 283 g/mol. The second-order valence-corrected chi connectivity index (χ2v) is 7.45. The zero-order valence-electron chi connectivity index (χ0n) is 13.1. The van der Waals surface area contributed by atoms with Gasteiger partial charge >= 0.3 is 0 Å². The lowest BCUT2D eigenvalue weighted by Gasteiger charge is -2.34. The molecule has 1 saturated heterocycles. The molecule has 2 fully saturated rings. The largest absolute Gasteiger partial charge is 0.390 e. The fourth-order valence-electron chi connectivity index (χ4n) is 3.50. The van der Waals surface area contributed by atoms with Crippen molar-refractivity contribution in [3.8, 4) is 0 Å². The molecule has 1 heterocycles. The van der Waals surface area contributed by atoms with Gasteiger partial charge in [0, 0.05) is 19.0 Å². The molecule has 4 nitrogen and oxygen atoms in total. The number of hydrogen-bond donors (Lipinski definition) is 2. The Labute approximate surface area is 131 Å². The average Bonchev–Trinajstić information content (AvgIpc) is 2.47. The van der Waals surface area contributed by atoms with Crippen LogP contribution in [0.25, 0.3) is 0 Å². The number of β-amino-alcohol motifs (C(OH)–C–C–N with tert-alkyl or cyclic N) is 1. The van der Waals surface area contributed by atoms with E-state index in [2.05, 4.69) is 14.7 Å². The van der Waals surface area contributed by atoms with Crippen molar-refractivity contribution in [2.24, 2.45) is 5.92 Å². The summed E-state index contributed by atoms with van der Waals surface area (Å²) in [6, 6.07) is -0.0651. The number of nitrogens with one attached hydrogen (secondary N) is 1. The third kappa shape index (κ3) is 5.84. The molecule has 21 heavy (non-hydrogen) atoms. The molecule has 0 spiro atoms. The topological polar surface area (TPSA) is 52.6 Å². The zero-order chi connectivity index (χ0) is 15.1. The van der Waals surface area contributed by atoms with Gasteiger partial charge in [-0.15, -0.1) is 0 Å². The Hall–Kier alpha value is -0.180. The van der Waals surface area contributed by atoms with Gasteiger partial charge in [-0.2, -0.15) is 0 Å². The number of piperidine rings is 1. The Morgan fingerprint density at radius 3 is 2.14 bits per heavy atom. The standard InChI is InChI=1S/C16H31N2O2P/c19-15-12-18(21)11-10-14(15)17-16(20)13-8-6-4-2-1-3-5-7-9-13/h13-15,19H,1-12,21H2,(H,17,20). The van der Waals surface area contributed by atoms with E-state index in [1.54, 1.807) is 0 Å². The van der Waals surface area contributed by atoms with Gasteiger partial charge in [-0.25, -0.2) is 0 Å². The molecule has 0 aromatic carbocycles. The molecule has 0 aromatic rings. The lowest BCUT2D eigenvalue weighted by Crippen LogP contribution is -2.53. The van der Waals surface area contributed by atoms with Crippen LogP contribution in [-0.2, 0) is 4.79 Å². The van der Waals surface area contributed by atoms with Gasteiger partial charge in [-0.1, -0.05) is 54.3 Å². The van der Waals surface area contributed by atoms with Crippen molar-refractivity contribution in [3.63, 3.8) is 0 Å². The molecular formula is C16H31N2O2P. The Morgan fingerprint density at radius 2 is 1.57 bits per heavy atom. The van der Waals surface area contributed by atoms with Crippen LogP contribution in [0, 0.1) is 5.92 Å². The minimum absolute atomic E-state index is 0.0651. The SMILES string of the molecule is O=C(NC1CCN(P)CC1O)C1CCCCCCCCC1. The number of carbonyl (C=O) groups excluding carboxylic acids is 1. The Bertz CT molecular complexity index is 317. The van der Waals surface area contributed by atoms with Crippen LogP contribution in [0.5, 0.6) is 0 Å². The molecule has 1 saturated carbocycles. The van der Waals surface area contributed by atoms with Crippen LogP contribution < -0.4 is 5.32 Å². The summed E-state index contributed by atoms with van der Waals surface area (Å²) in [5, 5.41) is 13.2. The van der Waals surface area contributed by atoms with Gasteiger partial charge in [0.15, 0.2) is 0 Å². The van der Waals surface area contributed by atoms with Gasteiger partial charge in [-0.3, -0.25) is 9.46 Å². The van der Waals surface area contributed by atoms with Crippen LogP contribution in [0.3, 0.4) is 0 Å². The van der Waals surface area contributed by atoms with Crippen molar-refractivity contribution < 1.29 is 9.90 Å². The second-order valence-electron chi connectivity index (χ2n) is 6.72. The summed E-state index contributed by atoms with van der Waals surface area (Å²) >= 11 is 0. The molecule has 0 aromatic heterocycles. The van der Waals surface area contributed by atoms with E-state index in [0.29, 0.717) is 6.54 Å². The average molecular weight is 314 g/mol. The monoisotopic (exact) mass is 314 g/mol. The number of amides is 1. The number of nitrogens with zero attached hydrogens (tertiary/aromatic N) is 1. The zero-order valence-corrected chi connectivity index (χ0v) is 14.3. The van der Waals surface area contributed by atoms with E-state index < -0.39 is 6.10 Å². The lowest BCUT2D eigenvalue weighted by molar-refractivity contribution is -0.127. The van der Waals surface area contributed by atoms with E-state index in [0.717, 1.165) is 25.8 Å². The van der Waals surface area contributed by atoms with E-state index in [9.17, 15) is 9.90 Å². The van der Waals surface area contributed by atoms with Crippen molar-refractivity contribution in [2.75, 3.05) is 13.1 Å². The highest BCUT2D eigenvalue weighted by atomic mass is 31.0. The molecule has 3 atom stereocenters. The molecule has 3 unspecified atom stereocenters. The van der Waals surface area contributed by atoms with Crippen LogP contribution in [0.15, 0.2) is 0 Å². The van der Waals surface area contributed by atoms with Gasteiger partial charge in [0.2, 0.25) is 5.91 Å². The van der Waals surface area contributed by atoms with E-state index >= 15 is 0 Å². The minimum atomic E-state index is -0.445. The molecule has 2 aliphatic rings. The van der Waals surface area contributed by atoms with E-state index in [-0.39, 0.29) is 17.9 Å². The fraction of sp³-hybridized carbons (Fsp3) is 0.938. The summed E-state index contributed by atoms with van der Waals surface area (Å²) in [6.45, 7) is 1.54. The maximum absolute atomic E-state index is 12.5. The number of aliphatic hydroxyl groups is 1. The van der Waals surface area contributed by atoms with Gasteiger partial charge < -0.3 is 10.4 Å². The molecule has 1 amide bonds. The molecule has 1 aliphatic heterocycles. The van der Waals surface area contributed by atoms with Gasteiger partial charge in [0.05, 0.1) is 12.1 Å². The van der Waals surface area contributed by atoms with Crippen LogP contribution in [0.1, 0.15) is 64.2 Å². The van der Waals surface area contributed by atoms with Crippen molar-refractivity contribution in [2.45, 2.75) is 76.4 Å². The first kappa shape index (κ1) is 17.2. The number of rotatable bonds is 2. The van der Waals surface area contributed by atoms with Crippen LogP contribution in [0.4, 0.5) is 0 Å². The molecule has 1 aliphatic carbocycles.